The summed E-state index contributed by atoms with van der Waals surface area (Å²) < 4.78 is 0.823. The van der Waals surface area contributed by atoms with Crippen molar-refractivity contribution < 1.29 is 0 Å². The van der Waals surface area contributed by atoms with Crippen molar-refractivity contribution in [2.24, 2.45) is 0 Å². The van der Waals surface area contributed by atoms with Crippen LogP contribution in [0.5, 0.6) is 0 Å². The molecule has 0 radical (unpaired) electrons. The van der Waals surface area contributed by atoms with Gasteiger partial charge in [0.1, 0.15) is 0 Å². The van der Waals surface area contributed by atoms with Crippen molar-refractivity contribution in [3.63, 3.8) is 0 Å². The molecule has 1 aromatic heterocycles. The van der Waals surface area contributed by atoms with E-state index in [2.05, 4.69) is 25.9 Å². The molecule has 0 N–H and O–H groups in total. The molecule has 0 aliphatic carbocycles. The lowest BCUT2D eigenvalue weighted by molar-refractivity contribution is 1.14. The fourth-order valence-corrected chi connectivity index (χ4v) is 1.68. The van der Waals surface area contributed by atoms with Gasteiger partial charge < -0.3 is 0 Å². The van der Waals surface area contributed by atoms with Gasteiger partial charge in [0.15, 0.2) is 0 Å². The van der Waals surface area contributed by atoms with Gasteiger partial charge in [-0.05, 0) is 39.2 Å². The van der Waals surface area contributed by atoms with Crippen LogP contribution in [0.1, 0.15) is 11.3 Å². The van der Waals surface area contributed by atoms with Crippen molar-refractivity contribution in [3.8, 4) is 0 Å². The lowest BCUT2D eigenvalue weighted by Gasteiger charge is -1.97. The number of halogens is 2. The highest BCUT2D eigenvalue weighted by molar-refractivity contribution is 9.10. The Morgan fingerprint density at radius 3 is 2.62 bits per heavy atom. The minimum atomic E-state index is 0.246. The highest BCUT2D eigenvalue weighted by atomic mass is 79.9. The molecule has 0 atom stereocenters. The first-order chi connectivity index (χ1) is 7.75. The topological polar surface area (TPSA) is 25.8 Å². The molecule has 0 unspecified atom stereocenters. The summed E-state index contributed by atoms with van der Waals surface area (Å²) in [5.41, 5.74) is 1.88. The Morgan fingerprint density at radius 1 is 1.12 bits per heavy atom. The molecule has 80 valence electrons. The Bertz CT molecular complexity index is 512. The van der Waals surface area contributed by atoms with Crippen molar-refractivity contribution in [2.75, 3.05) is 0 Å². The Hall–Kier alpha value is -1.19. The molecule has 2 nitrogen and oxygen atoms in total. The van der Waals surface area contributed by atoms with Gasteiger partial charge in [-0.25, -0.2) is 9.97 Å². The van der Waals surface area contributed by atoms with E-state index in [0.29, 0.717) is 0 Å². The average Bonchev–Trinajstić information content (AvgIpc) is 2.32. The maximum absolute atomic E-state index is 5.72. The summed E-state index contributed by atoms with van der Waals surface area (Å²) in [5, 5.41) is 0.246. The summed E-state index contributed by atoms with van der Waals surface area (Å²) in [6.45, 7) is 0. The van der Waals surface area contributed by atoms with E-state index in [9.17, 15) is 0 Å². The summed E-state index contributed by atoms with van der Waals surface area (Å²) in [6, 6.07) is 10.00. The number of hydrogen-bond acceptors (Lipinski definition) is 2. The zero-order valence-corrected chi connectivity index (χ0v) is 10.6. The van der Waals surface area contributed by atoms with Crippen molar-refractivity contribution in [1.82, 2.24) is 9.97 Å². The van der Waals surface area contributed by atoms with Gasteiger partial charge in [0, 0.05) is 6.20 Å². The number of rotatable bonds is 2. The van der Waals surface area contributed by atoms with E-state index >= 15 is 0 Å². The van der Waals surface area contributed by atoms with Crippen LogP contribution in [0.3, 0.4) is 0 Å². The number of aromatic nitrogens is 2. The molecule has 0 bridgehead atoms. The second-order valence-corrected chi connectivity index (χ2v) is 4.31. The molecule has 4 heteroatoms. The molecule has 1 heterocycles. The lowest BCUT2D eigenvalue weighted by Crippen LogP contribution is -1.87. The molecule has 0 saturated carbocycles. The predicted molar refractivity (Wildman–Crippen MR) is 70.1 cm³/mol. The van der Waals surface area contributed by atoms with Gasteiger partial charge in [-0.2, -0.15) is 0 Å². The van der Waals surface area contributed by atoms with Crippen molar-refractivity contribution in [1.29, 1.82) is 0 Å². The monoisotopic (exact) mass is 294 g/mol. The molecule has 0 saturated heterocycles. The Labute approximate surface area is 107 Å². The highest BCUT2D eigenvalue weighted by Crippen LogP contribution is 2.17. The van der Waals surface area contributed by atoms with Crippen molar-refractivity contribution >= 4 is 39.7 Å². The Morgan fingerprint density at radius 2 is 1.88 bits per heavy atom. The van der Waals surface area contributed by atoms with Crippen LogP contribution < -0.4 is 0 Å². The SMILES string of the molecule is Clc1ncc(Br)c(/C=C/c2ccccc2)n1. The lowest BCUT2D eigenvalue weighted by atomic mass is 10.2. The van der Waals surface area contributed by atoms with Crippen LogP contribution in [0.4, 0.5) is 0 Å². The molecule has 2 rings (SSSR count). The van der Waals surface area contributed by atoms with Gasteiger partial charge in [0.05, 0.1) is 10.2 Å². The molecular formula is C12H8BrClN2. The van der Waals surface area contributed by atoms with Crippen LogP contribution in [-0.4, -0.2) is 9.97 Å². The summed E-state index contributed by atoms with van der Waals surface area (Å²) in [6.07, 6.45) is 5.51. The zero-order chi connectivity index (χ0) is 11.4. The fraction of sp³-hybridized carbons (Fsp3) is 0. The van der Waals surface area contributed by atoms with Gasteiger partial charge in [0.2, 0.25) is 5.28 Å². The van der Waals surface area contributed by atoms with Crippen LogP contribution in [-0.2, 0) is 0 Å². The smallest absolute Gasteiger partial charge is 0.222 e. The van der Waals surface area contributed by atoms with Crippen LogP contribution in [0.2, 0.25) is 5.28 Å². The molecule has 0 aliphatic rings. The minimum Gasteiger partial charge on any atom is -0.225 e. The number of hydrogen-bond donors (Lipinski definition) is 0. The molecular weight excluding hydrogens is 288 g/mol. The number of benzene rings is 1. The van der Waals surface area contributed by atoms with Crippen LogP contribution in [0.25, 0.3) is 12.2 Å². The highest BCUT2D eigenvalue weighted by Gasteiger charge is 1.99. The maximum Gasteiger partial charge on any atom is 0.222 e. The molecule has 0 spiro atoms. The Balaban J connectivity index is 2.27. The Kier molecular flexibility index (Phi) is 3.70. The zero-order valence-electron chi connectivity index (χ0n) is 8.27. The molecule has 0 amide bonds. The first-order valence-corrected chi connectivity index (χ1v) is 5.84. The van der Waals surface area contributed by atoms with E-state index in [1.807, 2.05) is 42.5 Å². The summed E-state index contributed by atoms with van der Waals surface area (Å²) in [7, 11) is 0. The van der Waals surface area contributed by atoms with Crippen molar-refractivity contribution in [3.05, 3.63) is 57.5 Å². The standard InChI is InChI=1S/C12H8BrClN2/c13-10-8-15-12(14)16-11(10)7-6-9-4-2-1-3-5-9/h1-8H/b7-6+. The van der Waals surface area contributed by atoms with Crippen LogP contribution >= 0.6 is 27.5 Å². The normalized spacial score (nSPS) is 10.9. The van der Waals surface area contributed by atoms with Crippen LogP contribution in [0, 0.1) is 0 Å². The predicted octanol–water partition coefficient (Wildman–Crippen LogP) is 4.06. The van der Waals surface area contributed by atoms with E-state index in [0.717, 1.165) is 15.7 Å². The third-order valence-corrected chi connectivity index (χ3v) is 2.77. The first-order valence-electron chi connectivity index (χ1n) is 4.67. The maximum atomic E-state index is 5.72. The largest absolute Gasteiger partial charge is 0.225 e. The van der Waals surface area contributed by atoms with Gasteiger partial charge in [-0.15, -0.1) is 0 Å². The molecule has 0 aliphatic heterocycles. The summed E-state index contributed by atoms with van der Waals surface area (Å²) in [4.78, 5) is 7.98. The van der Waals surface area contributed by atoms with Gasteiger partial charge in [0.25, 0.3) is 0 Å². The van der Waals surface area contributed by atoms with Crippen molar-refractivity contribution in [2.45, 2.75) is 0 Å². The third-order valence-electron chi connectivity index (χ3n) is 1.98. The van der Waals surface area contributed by atoms with E-state index in [1.165, 1.54) is 0 Å². The summed E-state index contributed by atoms with van der Waals surface area (Å²) in [5.74, 6) is 0. The summed E-state index contributed by atoms with van der Waals surface area (Å²) >= 11 is 9.09. The quantitative estimate of drug-likeness (QED) is 0.781. The fourth-order valence-electron chi connectivity index (χ4n) is 1.21. The van der Waals surface area contributed by atoms with Gasteiger partial charge in [-0.3, -0.25) is 0 Å². The first kappa shape index (κ1) is 11.3. The molecule has 0 fully saturated rings. The number of nitrogens with zero attached hydrogens (tertiary/aromatic N) is 2. The van der Waals surface area contributed by atoms with E-state index in [1.54, 1.807) is 6.20 Å². The second kappa shape index (κ2) is 5.23. The molecule has 1 aromatic carbocycles. The van der Waals surface area contributed by atoms with E-state index in [4.69, 9.17) is 11.6 Å². The van der Waals surface area contributed by atoms with Crippen LogP contribution in [0.15, 0.2) is 41.0 Å². The molecule has 2 aromatic rings. The second-order valence-electron chi connectivity index (χ2n) is 3.12. The van der Waals surface area contributed by atoms with Gasteiger partial charge in [-0.1, -0.05) is 36.4 Å². The average molecular weight is 296 g/mol. The van der Waals surface area contributed by atoms with E-state index in [-0.39, 0.29) is 5.28 Å². The van der Waals surface area contributed by atoms with E-state index < -0.39 is 0 Å². The minimum absolute atomic E-state index is 0.246. The molecule has 16 heavy (non-hydrogen) atoms. The van der Waals surface area contributed by atoms with Gasteiger partial charge >= 0.3 is 0 Å². The third kappa shape index (κ3) is 2.90.